The molecule has 4 atom stereocenters. The largest absolute Gasteiger partial charge is 0.469 e. The van der Waals surface area contributed by atoms with Crippen LogP contribution in [0.4, 0.5) is 0 Å². The zero-order valence-electron chi connectivity index (χ0n) is 15.2. The molecular weight excluding hydrogens is 308 g/mol. The monoisotopic (exact) mass is 336 g/mol. The molecule has 0 radical (unpaired) electrons. The van der Waals surface area contributed by atoms with Crippen LogP contribution in [0.5, 0.6) is 0 Å². The number of hydrogen-bond donors (Lipinski definition) is 0. The van der Waals surface area contributed by atoms with Crippen LogP contribution < -0.4 is 0 Å². The predicted molar refractivity (Wildman–Crippen MR) is 88.2 cm³/mol. The standard InChI is InChI=1S/C19H28O5/c1-13(2)14(20)24-19-8-16(3)6-17(10-19,12-22-4)9-18(7-16,11-19)15(21)23-5/h1,6-12H2,2-5H3. The number of ether oxygens (including phenoxy) is 3. The maximum atomic E-state index is 12.7. The molecule has 4 fully saturated rings. The number of hydrogen-bond acceptors (Lipinski definition) is 5. The summed E-state index contributed by atoms with van der Waals surface area (Å²) in [5, 5.41) is 0. The van der Waals surface area contributed by atoms with E-state index in [1.807, 2.05) is 0 Å². The molecule has 0 aromatic rings. The van der Waals surface area contributed by atoms with Gasteiger partial charge in [0.05, 0.1) is 19.1 Å². The molecule has 4 unspecified atom stereocenters. The first-order valence-corrected chi connectivity index (χ1v) is 8.58. The molecule has 0 saturated heterocycles. The van der Waals surface area contributed by atoms with E-state index in [4.69, 9.17) is 14.2 Å². The number of carbonyl (C=O) groups excluding carboxylic acids is 2. The van der Waals surface area contributed by atoms with Crippen LogP contribution in [-0.4, -0.2) is 38.4 Å². The lowest BCUT2D eigenvalue weighted by Crippen LogP contribution is -2.67. The summed E-state index contributed by atoms with van der Waals surface area (Å²) in [6, 6.07) is 0. The normalized spacial score (nSPS) is 42.7. The minimum atomic E-state index is -0.619. The van der Waals surface area contributed by atoms with Gasteiger partial charge in [0, 0.05) is 19.1 Å². The van der Waals surface area contributed by atoms with Crippen molar-refractivity contribution >= 4 is 11.9 Å². The van der Waals surface area contributed by atoms with Crippen molar-refractivity contribution in [1.82, 2.24) is 0 Å². The Morgan fingerprint density at radius 1 is 1.04 bits per heavy atom. The lowest BCUT2D eigenvalue weighted by atomic mass is 9.38. The molecule has 0 amide bonds. The van der Waals surface area contributed by atoms with Gasteiger partial charge in [0.25, 0.3) is 0 Å². The van der Waals surface area contributed by atoms with Crippen molar-refractivity contribution in [1.29, 1.82) is 0 Å². The summed E-state index contributed by atoms with van der Waals surface area (Å²) in [6.07, 6.45) is 4.64. The summed E-state index contributed by atoms with van der Waals surface area (Å²) in [7, 11) is 3.14. The van der Waals surface area contributed by atoms with E-state index < -0.39 is 11.0 Å². The summed E-state index contributed by atoms with van der Waals surface area (Å²) < 4.78 is 16.6. The first-order valence-electron chi connectivity index (χ1n) is 8.58. The van der Waals surface area contributed by atoms with Gasteiger partial charge in [0.15, 0.2) is 0 Å². The molecule has 5 nitrogen and oxygen atoms in total. The first kappa shape index (κ1) is 17.5. The molecule has 134 valence electrons. The molecule has 4 rings (SSSR count). The number of esters is 2. The highest BCUT2D eigenvalue weighted by molar-refractivity contribution is 5.87. The van der Waals surface area contributed by atoms with Crippen molar-refractivity contribution in [2.24, 2.45) is 16.2 Å². The molecule has 4 bridgehead atoms. The lowest BCUT2D eigenvalue weighted by molar-refractivity contribution is -0.252. The number of carbonyl (C=O) groups is 2. The van der Waals surface area contributed by atoms with Gasteiger partial charge >= 0.3 is 11.9 Å². The molecule has 0 spiro atoms. The first-order chi connectivity index (χ1) is 11.1. The zero-order chi connectivity index (χ0) is 17.8. The molecule has 4 saturated carbocycles. The highest BCUT2D eigenvalue weighted by Gasteiger charge is 2.71. The number of methoxy groups -OCH3 is 2. The molecule has 0 heterocycles. The van der Waals surface area contributed by atoms with Crippen LogP contribution in [0.25, 0.3) is 0 Å². The Bertz CT molecular complexity index is 599. The molecule has 0 aliphatic heterocycles. The van der Waals surface area contributed by atoms with Gasteiger partial charge in [-0.05, 0) is 49.9 Å². The van der Waals surface area contributed by atoms with Crippen molar-refractivity contribution < 1.29 is 23.8 Å². The van der Waals surface area contributed by atoms with E-state index in [0.29, 0.717) is 18.6 Å². The van der Waals surface area contributed by atoms with Crippen molar-refractivity contribution in [3.05, 3.63) is 12.2 Å². The van der Waals surface area contributed by atoms with Crippen molar-refractivity contribution in [3.8, 4) is 0 Å². The second kappa shape index (κ2) is 5.32. The van der Waals surface area contributed by atoms with Gasteiger partial charge in [-0.15, -0.1) is 0 Å². The molecule has 5 heteroatoms. The minimum Gasteiger partial charge on any atom is -0.469 e. The Labute approximate surface area is 143 Å². The molecule has 4 aliphatic rings. The van der Waals surface area contributed by atoms with E-state index in [-0.39, 0.29) is 22.8 Å². The fourth-order valence-electron chi connectivity index (χ4n) is 6.55. The summed E-state index contributed by atoms with van der Waals surface area (Å²) >= 11 is 0. The Balaban J connectivity index is 2.04. The Morgan fingerprint density at radius 3 is 2.33 bits per heavy atom. The smallest absolute Gasteiger partial charge is 0.333 e. The third-order valence-corrected chi connectivity index (χ3v) is 6.11. The van der Waals surface area contributed by atoms with Crippen LogP contribution in [-0.2, 0) is 23.8 Å². The maximum Gasteiger partial charge on any atom is 0.333 e. The van der Waals surface area contributed by atoms with Gasteiger partial charge in [0.2, 0.25) is 0 Å². The second-order valence-corrected chi connectivity index (χ2v) is 8.93. The predicted octanol–water partition coefficient (Wildman–Crippen LogP) is 3.02. The third kappa shape index (κ3) is 2.57. The second-order valence-electron chi connectivity index (χ2n) is 8.93. The van der Waals surface area contributed by atoms with Gasteiger partial charge in [-0.3, -0.25) is 4.79 Å². The fraction of sp³-hybridized carbons (Fsp3) is 0.789. The molecule has 0 N–H and O–H groups in total. The van der Waals surface area contributed by atoms with Crippen molar-refractivity contribution in [2.75, 3.05) is 20.8 Å². The average Bonchev–Trinajstić information content (AvgIpc) is 2.42. The quantitative estimate of drug-likeness (QED) is 0.570. The third-order valence-electron chi connectivity index (χ3n) is 6.11. The average molecular weight is 336 g/mol. The summed E-state index contributed by atoms with van der Waals surface area (Å²) in [5.41, 5.74) is -0.986. The summed E-state index contributed by atoms with van der Waals surface area (Å²) in [6.45, 7) is 8.14. The van der Waals surface area contributed by atoms with E-state index in [0.717, 1.165) is 32.1 Å². The van der Waals surface area contributed by atoms with Crippen LogP contribution in [0.1, 0.15) is 52.4 Å². The highest BCUT2D eigenvalue weighted by Crippen LogP contribution is 2.72. The van der Waals surface area contributed by atoms with Gasteiger partial charge in [0.1, 0.15) is 5.60 Å². The molecule has 0 aromatic heterocycles. The Morgan fingerprint density at radius 2 is 1.75 bits per heavy atom. The fourth-order valence-corrected chi connectivity index (χ4v) is 6.55. The summed E-state index contributed by atoms with van der Waals surface area (Å²) in [5.74, 6) is -0.544. The topological polar surface area (TPSA) is 61.8 Å². The maximum absolute atomic E-state index is 12.7. The van der Waals surface area contributed by atoms with E-state index in [1.54, 1.807) is 14.0 Å². The minimum absolute atomic E-state index is 0.0448. The van der Waals surface area contributed by atoms with Crippen LogP contribution >= 0.6 is 0 Å². The SMILES string of the molecule is C=C(C)C(=O)OC12CC3(C)CC(COC)(C1)CC(C(=O)OC)(C3)C2. The van der Waals surface area contributed by atoms with Crippen LogP contribution in [0.2, 0.25) is 0 Å². The van der Waals surface area contributed by atoms with Gasteiger partial charge < -0.3 is 14.2 Å². The highest BCUT2D eigenvalue weighted by atomic mass is 16.6. The summed E-state index contributed by atoms with van der Waals surface area (Å²) in [4.78, 5) is 25.0. The molecule has 24 heavy (non-hydrogen) atoms. The van der Waals surface area contributed by atoms with E-state index in [9.17, 15) is 9.59 Å². The van der Waals surface area contributed by atoms with Gasteiger partial charge in [-0.2, -0.15) is 0 Å². The van der Waals surface area contributed by atoms with Crippen molar-refractivity contribution in [3.63, 3.8) is 0 Å². The van der Waals surface area contributed by atoms with Crippen LogP contribution in [0, 0.1) is 16.2 Å². The Hall–Kier alpha value is -1.36. The van der Waals surface area contributed by atoms with Gasteiger partial charge in [-0.1, -0.05) is 13.5 Å². The molecular formula is C19H28O5. The van der Waals surface area contributed by atoms with E-state index >= 15 is 0 Å². The molecule has 0 aromatic carbocycles. The van der Waals surface area contributed by atoms with Crippen LogP contribution in [0.3, 0.4) is 0 Å². The van der Waals surface area contributed by atoms with E-state index in [2.05, 4.69) is 13.5 Å². The van der Waals surface area contributed by atoms with Crippen LogP contribution in [0.15, 0.2) is 12.2 Å². The lowest BCUT2D eigenvalue weighted by Gasteiger charge is -2.67. The Kier molecular flexibility index (Phi) is 3.87. The zero-order valence-corrected chi connectivity index (χ0v) is 15.2. The van der Waals surface area contributed by atoms with E-state index in [1.165, 1.54) is 7.11 Å². The van der Waals surface area contributed by atoms with Gasteiger partial charge in [-0.25, -0.2) is 4.79 Å². The number of rotatable bonds is 5. The van der Waals surface area contributed by atoms with Crippen molar-refractivity contribution in [2.45, 2.75) is 58.0 Å². The molecule has 4 aliphatic carbocycles.